The van der Waals surface area contributed by atoms with E-state index in [1.54, 1.807) is 0 Å². The topological polar surface area (TPSA) is 30.9 Å². The average Bonchev–Trinajstić information content (AvgIpc) is 2.17. The Morgan fingerprint density at radius 3 is 2.62 bits per heavy atom. The van der Waals surface area contributed by atoms with E-state index in [0.717, 1.165) is 32.8 Å². The van der Waals surface area contributed by atoms with Crippen LogP contribution in [0.4, 0.5) is 0 Å². The Morgan fingerprint density at radius 1 is 1.44 bits per heavy atom. The molecule has 16 heavy (non-hydrogen) atoms. The standard InChI is InChI=1S/C10H22NO3PS/c1-4-13-15(3,16)14-10(2)9-11-5-7-12-8-6-11/h10H,4-9H2,1-3H3/t10-,15-/m0/s1. The summed E-state index contributed by atoms with van der Waals surface area (Å²) < 4.78 is 16.6. The summed E-state index contributed by atoms with van der Waals surface area (Å²) in [5.74, 6) is 0. The molecule has 4 nitrogen and oxygen atoms in total. The maximum atomic E-state index is 5.80. The Morgan fingerprint density at radius 2 is 2.06 bits per heavy atom. The van der Waals surface area contributed by atoms with Gasteiger partial charge in [-0.25, -0.2) is 0 Å². The summed E-state index contributed by atoms with van der Waals surface area (Å²) in [6.45, 7) is 8.98. The molecule has 0 aliphatic carbocycles. The Balaban J connectivity index is 2.28. The molecule has 1 saturated heterocycles. The number of nitrogens with zero attached hydrogens (tertiary/aromatic N) is 1. The van der Waals surface area contributed by atoms with Crippen molar-refractivity contribution in [2.24, 2.45) is 0 Å². The fourth-order valence-electron chi connectivity index (χ4n) is 1.77. The van der Waals surface area contributed by atoms with E-state index in [4.69, 9.17) is 25.6 Å². The molecule has 1 heterocycles. The van der Waals surface area contributed by atoms with Gasteiger partial charge in [-0.15, -0.1) is 0 Å². The van der Waals surface area contributed by atoms with Crippen LogP contribution in [0, 0.1) is 0 Å². The monoisotopic (exact) mass is 267 g/mol. The van der Waals surface area contributed by atoms with Crippen molar-refractivity contribution in [1.82, 2.24) is 4.90 Å². The van der Waals surface area contributed by atoms with Crippen molar-refractivity contribution in [3.63, 3.8) is 0 Å². The van der Waals surface area contributed by atoms with Gasteiger partial charge in [0, 0.05) is 26.3 Å². The first kappa shape index (κ1) is 14.6. The van der Waals surface area contributed by atoms with Crippen LogP contribution in [-0.2, 0) is 25.6 Å². The number of hydrogen-bond acceptors (Lipinski definition) is 5. The highest BCUT2D eigenvalue weighted by Gasteiger charge is 2.19. The van der Waals surface area contributed by atoms with Crippen LogP contribution in [0.5, 0.6) is 0 Å². The summed E-state index contributed by atoms with van der Waals surface area (Å²) in [5.41, 5.74) is 0. The van der Waals surface area contributed by atoms with Crippen molar-refractivity contribution in [2.45, 2.75) is 20.0 Å². The molecule has 0 unspecified atom stereocenters. The first-order valence-corrected chi connectivity index (χ1v) is 8.82. The second kappa shape index (κ2) is 7.04. The molecule has 2 atom stereocenters. The molecule has 0 bridgehead atoms. The van der Waals surface area contributed by atoms with E-state index in [1.165, 1.54) is 0 Å². The molecule has 0 aromatic heterocycles. The summed E-state index contributed by atoms with van der Waals surface area (Å²) in [4.78, 5) is 2.34. The summed E-state index contributed by atoms with van der Waals surface area (Å²) >= 11 is 5.31. The lowest BCUT2D eigenvalue weighted by molar-refractivity contribution is 0.0215. The lowest BCUT2D eigenvalue weighted by Gasteiger charge is -2.30. The molecule has 6 heteroatoms. The van der Waals surface area contributed by atoms with E-state index in [2.05, 4.69) is 11.8 Å². The van der Waals surface area contributed by atoms with Gasteiger partial charge in [0.1, 0.15) is 0 Å². The van der Waals surface area contributed by atoms with E-state index in [9.17, 15) is 0 Å². The largest absolute Gasteiger partial charge is 0.379 e. The van der Waals surface area contributed by atoms with Crippen molar-refractivity contribution in [3.05, 3.63) is 0 Å². The van der Waals surface area contributed by atoms with Gasteiger partial charge < -0.3 is 13.8 Å². The lowest BCUT2D eigenvalue weighted by atomic mass is 10.3. The predicted molar refractivity (Wildman–Crippen MR) is 69.6 cm³/mol. The number of rotatable bonds is 6. The van der Waals surface area contributed by atoms with Gasteiger partial charge in [-0.05, 0) is 25.7 Å². The van der Waals surface area contributed by atoms with E-state index in [-0.39, 0.29) is 6.10 Å². The van der Waals surface area contributed by atoms with Crippen molar-refractivity contribution >= 4 is 18.3 Å². The zero-order chi connectivity index (χ0) is 12.0. The molecular weight excluding hydrogens is 245 g/mol. The van der Waals surface area contributed by atoms with Crippen molar-refractivity contribution in [3.8, 4) is 0 Å². The van der Waals surface area contributed by atoms with Crippen LogP contribution in [0.1, 0.15) is 13.8 Å². The third kappa shape index (κ3) is 5.71. The highest BCUT2D eigenvalue weighted by atomic mass is 32.5. The number of morpholine rings is 1. The smallest absolute Gasteiger partial charge is 0.185 e. The van der Waals surface area contributed by atoms with Crippen LogP contribution >= 0.6 is 6.49 Å². The SMILES string of the molecule is CCO[P@](C)(=S)O[C@@H](C)CN1CCOCC1. The molecular formula is C10H22NO3PS. The third-order valence-electron chi connectivity index (χ3n) is 2.35. The molecule has 1 rings (SSSR count). The third-order valence-corrected chi connectivity index (χ3v) is 4.40. The Labute approximate surface area is 103 Å². The minimum atomic E-state index is -2.04. The lowest BCUT2D eigenvalue weighted by Crippen LogP contribution is -2.40. The van der Waals surface area contributed by atoms with Crippen LogP contribution in [-0.4, -0.2) is 57.1 Å². The van der Waals surface area contributed by atoms with Crippen LogP contribution in [0.25, 0.3) is 0 Å². The summed E-state index contributed by atoms with van der Waals surface area (Å²) in [6.07, 6.45) is 0.125. The number of hydrogen-bond donors (Lipinski definition) is 0. The molecule has 0 spiro atoms. The molecule has 0 N–H and O–H groups in total. The first-order valence-electron chi connectivity index (χ1n) is 5.74. The van der Waals surface area contributed by atoms with Gasteiger partial charge in [0.05, 0.1) is 25.9 Å². The Kier molecular flexibility index (Phi) is 6.40. The van der Waals surface area contributed by atoms with Crippen LogP contribution in [0.2, 0.25) is 0 Å². The van der Waals surface area contributed by atoms with Crippen LogP contribution in [0.15, 0.2) is 0 Å². The summed E-state index contributed by atoms with van der Waals surface area (Å²) in [6, 6.07) is 0. The summed E-state index contributed by atoms with van der Waals surface area (Å²) in [5, 5.41) is 0. The van der Waals surface area contributed by atoms with E-state index in [0.29, 0.717) is 6.61 Å². The van der Waals surface area contributed by atoms with Crippen LogP contribution < -0.4 is 0 Å². The van der Waals surface area contributed by atoms with Gasteiger partial charge in [0.15, 0.2) is 6.49 Å². The predicted octanol–water partition coefficient (Wildman–Crippen LogP) is 1.70. The molecule has 0 radical (unpaired) electrons. The van der Waals surface area contributed by atoms with Gasteiger partial charge in [-0.1, -0.05) is 0 Å². The van der Waals surface area contributed by atoms with E-state index in [1.807, 2.05) is 13.6 Å². The Bertz CT molecular complexity index is 246. The molecule has 0 amide bonds. The molecule has 0 aromatic carbocycles. The average molecular weight is 267 g/mol. The highest BCUT2D eigenvalue weighted by molar-refractivity contribution is 8.09. The number of ether oxygens (including phenoxy) is 1. The van der Waals surface area contributed by atoms with Gasteiger partial charge in [0.25, 0.3) is 0 Å². The van der Waals surface area contributed by atoms with Gasteiger partial charge in [0.2, 0.25) is 0 Å². The quantitative estimate of drug-likeness (QED) is 0.684. The minimum absolute atomic E-state index is 0.125. The first-order chi connectivity index (χ1) is 7.53. The fraction of sp³-hybridized carbons (Fsp3) is 1.00. The van der Waals surface area contributed by atoms with E-state index < -0.39 is 6.49 Å². The molecule has 0 aromatic rings. The second-order valence-electron chi connectivity index (χ2n) is 4.02. The van der Waals surface area contributed by atoms with Gasteiger partial charge in [-0.3, -0.25) is 4.90 Å². The van der Waals surface area contributed by atoms with Crippen molar-refractivity contribution in [1.29, 1.82) is 0 Å². The summed E-state index contributed by atoms with van der Waals surface area (Å²) in [7, 11) is 0. The molecule has 1 aliphatic heterocycles. The zero-order valence-corrected chi connectivity index (χ0v) is 12.1. The second-order valence-corrected chi connectivity index (χ2v) is 8.02. The van der Waals surface area contributed by atoms with Crippen molar-refractivity contribution in [2.75, 3.05) is 46.1 Å². The van der Waals surface area contributed by atoms with Gasteiger partial charge in [-0.2, -0.15) is 0 Å². The van der Waals surface area contributed by atoms with Crippen LogP contribution in [0.3, 0.4) is 0 Å². The fourth-order valence-corrected chi connectivity index (χ4v) is 3.78. The maximum Gasteiger partial charge on any atom is 0.185 e. The zero-order valence-electron chi connectivity index (χ0n) is 10.3. The maximum absolute atomic E-state index is 5.80. The molecule has 0 saturated carbocycles. The highest BCUT2D eigenvalue weighted by Crippen LogP contribution is 2.45. The molecule has 1 aliphatic rings. The molecule has 1 fully saturated rings. The van der Waals surface area contributed by atoms with Gasteiger partial charge >= 0.3 is 0 Å². The molecule has 96 valence electrons. The van der Waals surface area contributed by atoms with Crippen molar-refractivity contribution < 1.29 is 13.8 Å². The normalized spacial score (nSPS) is 23.9. The van der Waals surface area contributed by atoms with E-state index >= 15 is 0 Å². The Hall–Kier alpha value is 0.490. The minimum Gasteiger partial charge on any atom is -0.379 e.